The van der Waals surface area contributed by atoms with Crippen molar-refractivity contribution in [3.8, 4) is 11.1 Å². The Balaban J connectivity index is 1.59. The van der Waals surface area contributed by atoms with Crippen molar-refractivity contribution in [1.82, 2.24) is 4.72 Å². The average molecular weight is 1030 g/mol. The van der Waals surface area contributed by atoms with Crippen molar-refractivity contribution in [2.24, 2.45) is 0 Å². The van der Waals surface area contributed by atoms with E-state index in [1.807, 2.05) is 0 Å². The van der Waals surface area contributed by atoms with Crippen LogP contribution in [0.2, 0.25) is 0 Å². The van der Waals surface area contributed by atoms with Gasteiger partial charge in [-0.2, -0.15) is 39.5 Å². The van der Waals surface area contributed by atoms with E-state index in [2.05, 4.69) is 9.46 Å². The zero-order valence-electron chi connectivity index (χ0n) is 38.7. The van der Waals surface area contributed by atoms with Crippen LogP contribution in [0, 0.1) is 0 Å². The maximum absolute atomic E-state index is 15.3. The van der Waals surface area contributed by atoms with Crippen molar-refractivity contribution < 1.29 is 79.1 Å². The second kappa shape index (κ2) is 19.1. The molecule has 0 amide bonds. The molecule has 0 fully saturated rings. The summed E-state index contributed by atoms with van der Waals surface area (Å²) in [5.41, 5.74) is -4.21. The highest BCUT2D eigenvalue weighted by Gasteiger charge is 2.47. The molecule has 0 radical (unpaired) electrons. The third kappa shape index (κ3) is 10.5. The molecule has 70 heavy (non-hydrogen) atoms. The Morgan fingerprint density at radius 2 is 0.971 bits per heavy atom. The minimum Gasteiger partial charge on any atom is -0.468 e. The SMILES string of the molecule is CCC(C)(c1cc(C(C)(CC)c2ccc(C(F)(F)F)o2)c(S(=O)(=O)NCc2ccc(-c3cccc(S(=O)(=O)CC(=O)OC)c3)cc2)c(C(C)(CC)c2ccc(C(F)(F)F)o2)c1)c1ccc(C(F)(F)F)o1. The largest absolute Gasteiger partial charge is 0.468 e. The molecular formula is C49H48F9NO9S2. The van der Waals surface area contributed by atoms with Gasteiger partial charge in [0.15, 0.2) is 15.6 Å². The summed E-state index contributed by atoms with van der Waals surface area (Å²) in [6.45, 7) is 8.59. The quantitative estimate of drug-likeness (QED) is 0.0697. The van der Waals surface area contributed by atoms with Gasteiger partial charge in [0.2, 0.25) is 27.3 Å². The summed E-state index contributed by atoms with van der Waals surface area (Å²) in [4.78, 5) is 11.0. The summed E-state index contributed by atoms with van der Waals surface area (Å²) in [7, 11) is -8.00. The van der Waals surface area contributed by atoms with Gasteiger partial charge in [-0.15, -0.1) is 0 Å². The number of ether oxygens (including phenoxy) is 1. The number of methoxy groups -OCH3 is 1. The maximum Gasteiger partial charge on any atom is 0.449 e. The van der Waals surface area contributed by atoms with Crippen LogP contribution in [0.25, 0.3) is 11.1 Å². The fourth-order valence-electron chi connectivity index (χ4n) is 8.16. The van der Waals surface area contributed by atoms with E-state index in [-0.39, 0.29) is 58.1 Å². The molecule has 10 nitrogen and oxygen atoms in total. The van der Waals surface area contributed by atoms with Gasteiger partial charge in [-0.05, 0) is 122 Å². The van der Waals surface area contributed by atoms with Crippen LogP contribution in [0.5, 0.6) is 0 Å². The second-order valence-corrected chi connectivity index (χ2v) is 21.0. The van der Waals surface area contributed by atoms with E-state index in [9.17, 15) is 52.7 Å². The van der Waals surface area contributed by atoms with E-state index in [0.29, 0.717) is 34.9 Å². The number of furan rings is 3. The molecule has 0 aliphatic heterocycles. The Labute approximate surface area is 398 Å². The molecule has 0 aliphatic carbocycles. The number of benzene rings is 3. The molecule has 0 spiro atoms. The first-order chi connectivity index (χ1) is 32.4. The number of sulfone groups is 1. The molecule has 3 aromatic heterocycles. The molecule has 3 aromatic carbocycles. The Bertz CT molecular complexity index is 3010. The summed E-state index contributed by atoms with van der Waals surface area (Å²) in [5.74, 6) is -6.98. The summed E-state index contributed by atoms with van der Waals surface area (Å²) in [6, 6.07) is 19.8. The molecule has 0 bridgehead atoms. The third-order valence-corrected chi connectivity index (χ3v) is 16.2. The normalized spacial score (nSPS) is 15.5. The standard InChI is InChI=1S/C49H48F9NO9S2/c1-8-44(4,36-18-21-39(66-36)47(50,51)52)32-25-34(45(5,9-2)37-19-22-40(67-37)48(53,54)55)43(35(26-32)46(6,10-3)38-20-23-41(68-38)49(56,57)58)70(63,64)59-27-29-14-16-30(17-15-29)31-12-11-13-33(24-31)69(61,62)28-42(60)65-7/h11-26,59H,8-10,27-28H2,1-7H3. The number of rotatable bonds is 17. The van der Waals surface area contributed by atoms with Gasteiger partial charge in [0.25, 0.3) is 0 Å². The first kappa shape index (κ1) is 53.5. The molecule has 6 rings (SSSR count). The first-order valence-electron chi connectivity index (χ1n) is 21.6. The van der Waals surface area contributed by atoms with E-state index >= 15 is 8.42 Å². The van der Waals surface area contributed by atoms with Gasteiger partial charge in [0, 0.05) is 6.54 Å². The van der Waals surface area contributed by atoms with E-state index in [0.717, 1.165) is 25.3 Å². The number of halogens is 9. The zero-order valence-corrected chi connectivity index (χ0v) is 40.3. The monoisotopic (exact) mass is 1030 g/mol. The van der Waals surface area contributed by atoms with Gasteiger partial charge in [-0.1, -0.05) is 69.3 Å². The predicted octanol–water partition coefficient (Wildman–Crippen LogP) is 12.8. The summed E-state index contributed by atoms with van der Waals surface area (Å²) in [5, 5.41) is 0. The van der Waals surface area contributed by atoms with E-state index in [1.165, 1.54) is 63.2 Å². The van der Waals surface area contributed by atoms with Crippen molar-refractivity contribution in [2.45, 2.75) is 112 Å². The lowest BCUT2D eigenvalue weighted by molar-refractivity contribution is -0.154. The minimum absolute atomic E-state index is 0.00570. The lowest BCUT2D eigenvalue weighted by Crippen LogP contribution is -2.36. The lowest BCUT2D eigenvalue weighted by Gasteiger charge is -2.38. The topological polar surface area (TPSA) is 146 Å². The smallest absolute Gasteiger partial charge is 0.449 e. The van der Waals surface area contributed by atoms with Crippen molar-refractivity contribution in [3.05, 3.63) is 154 Å². The molecule has 21 heteroatoms. The third-order valence-electron chi connectivity index (χ3n) is 13.1. The Morgan fingerprint density at radius 1 is 0.557 bits per heavy atom. The number of carbonyl (C=O) groups is 1. The van der Waals surface area contributed by atoms with Crippen LogP contribution in [0.15, 0.2) is 120 Å². The summed E-state index contributed by atoms with van der Waals surface area (Å²) >= 11 is 0. The van der Waals surface area contributed by atoms with Crippen molar-refractivity contribution in [3.63, 3.8) is 0 Å². The Morgan fingerprint density at radius 3 is 1.36 bits per heavy atom. The van der Waals surface area contributed by atoms with E-state index < -0.39 is 95.1 Å². The zero-order chi connectivity index (χ0) is 52.0. The molecule has 0 saturated carbocycles. The summed E-state index contributed by atoms with van der Waals surface area (Å²) < 4.78 is 206. The fraction of sp³-hybridized carbons (Fsp3) is 0.367. The van der Waals surface area contributed by atoms with Crippen LogP contribution in [-0.2, 0) is 70.7 Å². The highest BCUT2D eigenvalue weighted by molar-refractivity contribution is 7.92. The number of nitrogens with one attached hydrogen (secondary N) is 1. The predicted molar refractivity (Wildman–Crippen MR) is 238 cm³/mol. The molecule has 6 aromatic rings. The van der Waals surface area contributed by atoms with Crippen LogP contribution in [0.1, 0.15) is 118 Å². The van der Waals surface area contributed by atoms with Crippen LogP contribution < -0.4 is 4.72 Å². The van der Waals surface area contributed by atoms with Crippen molar-refractivity contribution in [2.75, 3.05) is 12.9 Å². The molecule has 3 atom stereocenters. The number of alkyl halides is 9. The lowest BCUT2D eigenvalue weighted by atomic mass is 9.68. The Hall–Kier alpha value is -5.80. The molecule has 0 saturated heterocycles. The molecule has 378 valence electrons. The van der Waals surface area contributed by atoms with E-state index in [4.69, 9.17) is 13.3 Å². The molecular weight excluding hydrogens is 982 g/mol. The average Bonchev–Trinajstić information content (AvgIpc) is 4.13. The van der Waals surface area contributed by atoms with Gasteiger partial charge in [-0.25, -0.2) is 21.6 Å². The van der Waals surface area contributed by atoms with E-state index in [1.54, 1.807) is 39.0 Å². The molecule has 3 unspecified atom stereocenters. The highest BCUT2D eigenvalue weighted by atomic mass is 32.2. The molecule has 3 heterocycles. The molecule has 0 aliphatic rings. The minimum atomic E-state index is -4.98. The number of hydrogen-bond donors (Lipinski definition) is 1. The Kier molecular flexibility index (Phi) is 14.6. The number of esters is 1. The molecule has 1 N–H and O–H groups in total. The van der Waals surface area contributed by atoms with Gasteiger partial charge in [-0.3, -0.25) is 4.79 Å². The van der Waals surface area contributed by atoms with Gasteiger partial charge >= 0.3 is 24.5 Å². The fourth-order valence-corrected chi connectivity index (χ4v) is 11.0. The van der Waals surface area contributed by atoms with Crippen molar-refractivity contribution >= 4 is 25.8 Å². The number of hydrogen-bond acceptors (Lipinski definition) is 9. The second-order valence-electron chi connectivity index (χ2n) is 17.3. The van der Waals surface area contributed by atoms with Crippen LogP contribution >= 0.6 is 0 Å². The van der Waals surface area contributed by atoms with Crippen molar-refractivity contribution in [1.29, 1.82) is 0 Å². The van der Waals surface area contributed by atoms with Gasteiger partial charge in [0.05, 0.1) is 33.1 Å². The van der Waals surface area contributed by atoms with Gasteiger partial charge < -0.3 is 18.0 Å². The highest BCUT2D eigenvalue weighted by Crippen LogP contribution is 2.51. The van der Waals surface area contributed by atoms with Crippen LogP contribution in [0.3, 0.4) is 0 Å². The number of carbonyl (C=O) groups excluding carboxylic acids is 1. The summed E-state index contributed by atoms with van der Waals surface area (Å²) in [6.07, 6.45) is -15.2. The maximum atomic E-state index is 15.3. The first-order valence-corrected chi connectivity index (χ1v) is 24.7. The van der Waals surface area contributed by atoms with Gasteiger partial charge in [0.1, 0.15) is 17.3 Å². The van der Waals surface area contributed by atoms with Crippen LogP contribution in [0.4, 0.5) is 39.5 Å². The van der Waals surface area contributed by atoms with Crippen LogP contribution in [-0.4, -0.2) is 35.7 Å². The number of sulfonamides is 1.